The molecule has 3 rings (SSSR count). The van der Waals surface area contributed by atoms with E-state index in [-0.39, 0.29) is 17.5 Å². The second-order valence-corrected chi connectivity index (χ2v) is 5.19. The van der Waals surface area contributed by atoms with E-state index in [1.807, 2.05) is 0 Å². The summed E-state index contributed by atoms with van der Waals surface area (Å²) < 4.78 is 44.0. The molecule has 1 atom stereocenters. The SMILES string of the molecule is O=C(NCC1CCc2nc(C(F)(F)F)cn2C1)c1ccon1. The van der Waals surface area contributed by atoms with Crippen LogP contribution in [0.4, 0.5) is 13.2 Å². The van der Waals surface area contributed by atoms with Gasteiger partial charge in [-0.05, 0) is 12.3 Å². The number of aromatic nitrogens is 3. The molecule has 0 aliphatic carbocycles. The molecule has 0 saturated heterocycles. The van der Waals surface area contributed by atoms with E-state index in [0.717, 1.165) is 6.20 Å². The van der Waals surface area contributed by atoms with Crippen molar-refractivity contribution in [1.29, 1.82) is 0 Å². The number of hydrogen-bond acceptors (Lipinski definition) is 4. The van der Waals surface area contributed by atoms with E-state index in [0.29, 0.717) is 31.8 Å². The van der Waals surface area contributed by atoms with Gasteiger partial charge in [0.05, 0.1) is 0 Å². The Morgan fingerprint density at radius 1 is 1.50 bits per heavy atom. The molecule has 2 aromatic heterocycles. The van der Waals surface area contributed by atoms with E-state index in [9.17, 15) is 18.0 Å². The third-order valence-corrected chi connectivity index (χ3v) is 3.60. The molecule has 2 aromatic rings. The highest BCUT2D eigenvalue weighted by Crippen LogP contribution is 2.30. The maximum absolute atomic E-state index is 12.6. The fourth-order valence-corrected chi connectivity index (χ4v) is 2.47. The van der Waals surface area contributed by atoms with Gasteiger partial charge < -0.3 is 14.4 Å². The average molecular weight is 314 g/mol. The van der Waals surface area contributed by atoms with Crippen molar-refractivity contribution in [3.05, 3.63) is 35.7 Å². The summed E-state index contributed by atoms with van der Waals surface area (Å²) in [6.07, 6.45) is -0.970. The minimum atomic E-state index is -4.43. The minimum Gasteiger partial charge on any atom is -0.364 e. The molecule has 9 heteroatoms. The minimum absolute atomic E-state index is 0.0543. The number of imidazole rings is 1. The van der Waals surface area contributed by atoms with E-state index in [2.05, 4.69) is 20.0 Å². The quantitative estimate of drug-likeness (QED) is 0.939. The number of fused-ring (bicyclic) bond motifs is 1. The molecular formula is C13H13F3N4O2. The summed E-state index contributed by atoms with van der Waals surface area (Å²) in [7, 11) is 0. The molecule has 0 aromatic carbocycles. The molecule has 0 radical (unpaired) electrons. The zero-order valence-electron chi connectivity index (χ0n) is 11.4. The summed E-state index contributed by atoms with van der Waals surface area (Å²) in [5, 5.41) is 6.22. The van der Waals surface area contributed by atoms with Gasteiger partial charge in [-0.25, -0.2) is 4.98 Å². The number of hydrogen-bond donors (Lipinski definition) is 1. The van der Waals surface area contributed by atoms with E-state index in [4.69, 9.17) is 0 Å². The van der Waals surface area contributed by atoms with Gasteiger partial charge in [-0.1, -0.05) is 5.16 Å². The zero-order chi connectivity index (χ0) is 15.7. The van der Waals surface area contributed by atoms with Gasteiger partial charge in [0.2, 0.25) is 0 Å². The van der Waals surface area contributed by atoms with Crippen molar-refractivity contribution >= 4 is 5.91 Å². The maximum Gasteiger partial charge on any atom is 0.434 e. The predicted molar refractivity (Wildman–Crippen MR) is 67.9 cm³/mol. The van der Waals surface area contributed by atoms with Crippen molar-refractivity contribution < 1.29 is 22.5 Å². The van der Waals surface area contributed by atoms with Crippen molar-refractivity contribution in [3.63, 3.8) is 0 Å². The normalized spacial score (nSPS) is 18.0. The average Bonchev–Trinajstić information content (AvgIpc) is 3.12. The lowest BCUT2D eigenvalue weighted by atomic mass is 9.99. The molecular weight excluding hydrogens is 301 g/mol. The first-order chi connectivity index (χ1) is 10.4. The molecule has 1 amide bonds. The van der Waals surface area contributed by atoms with Crippen LogP contribution in [0.5, 0.6) is 0 Å². The Bertz CT molecular complexity index is 663. The Hall–Kier alpha value is -2.32. The number of carbonyl (C=O) groups excluding carboxylic acids is 1. The summed E-state index contributed by atoms with van der Waals surface area (Å²) in [5.41, 5.74) is -0.687. The van der Waals surface area contributed by atoms with Crippen LogP contribution in [0.25, 0.3) is 0 Å². The van der Waals surface area contributed by atoms with E-state index in [1.54, 1.807) is 0 Å². The van der Waals surface area contributed by atoms with Gasteiger partial charge in [-0.3, -0.25) is 4.79 Å². The van der Waals surface area contributed by atoms with Gasteiger partial charge in [0.15, 0.2) is 11.4 Å². The fourth-order valence-electron chi connectivity index (χ4n) is 2.47. The van der Waals surface area contributed by atoms with Gasteiger partial charge in [0, 0.05) is 31.8 Å². The molecule has 1 N–H and O–H groups in total. The van der Waals surface area contributed by atoms with Crippen LogP contribution < -0.4 is 5.32 Å². The first-order valence-corrected chi connectivity index (χ1v) is 6.75. The Kier molecular flexibility index (Phi) is 3.63. The number of nitrogens with one attached hydrogen (secondary N) is 1. The highest BCUT2D eigenvalue weighted by atomic mass is 19.4. The van der Waals surface area contributed by atoms with E-state index in [1.165, 1.54) is 16.9 Å². The molecule has 0 fully saturated rings. The first kappa shape index (κ1) is 14.6. The standard InChI is InChI=1S/C13H13F3N4O2/c14-13(15,16)10-7-20-6-8(1-2-11(20)18-10)5-17-12(21)9-3-4-22-19-9/h3-4,7-8H,1-2,5-6H2,(H,17,21). The third kappa shape index (κ3) is 2.97. The van der Waals surface area contributed by atoms with Gasteiger partial charge in [-0.15, -0.1) is 0 Å². The van der Waals surface area contributed by atoms with Crippen LogP contribution in [-0.2, 0) is 19.1 Å². The summed E-state index contributed by atoms with van der Waals surface area (Å²) >= 11 is 0. The summed E-state index contributed by atoms with van der Waals surface area (Å²) in [4.78, 5) is 15.3. The van der Waals surface area contributed by atoms with Gasteiger partial charge in [0.25, 0.3) is 5.91 Å². The molecule has 1 aliphatic heterocycles. The van der Waals surface area contributed by atoms with Crippen molar-refractivity contribution in [3.8, 4) is 0 Å². The van der Waals surface area contributed by atoms with Gasteiger partial charge in [0.1, 0.15) is 12.1 Å². The molecule has 1 aliphatic rings. The highest BCUT2D eigenvalue weighted by molar-refractivity contribution is 5.91. The monoisotopic (exact) mass is 314 g/mol. The second kappa shape index (κ2) is 5.47. The summed E-state index contributed by atoms with van der Waals surface area (Å²) in [5.74, 6) is 0.131. The molecule has 22 heavy (non-hydrogen) atoms. The van der Waals surface area contributed by atoms with Crippen molar-refractivity contribution in [1.82, 2.24) is 20.0 Å². The molecule has 1 unspecified atom stereocenters. The highest BCUT2D eigenvalue weighted by Gasteiger charge is 2.35. The van der Waals surface area contributed by atoms with E-state index < -0.39 is 11.9 Å². The molecule has 118 valence electrons. The van der Waals surface area contributed by atoms with Crippen LogP contribution in [0, 0.1) is 5.92 Å². The number of carbonyl (C=O) groups is 1. The van der Waals surface area contributed by atoms with Crippen LogP contribution in [0.1, 0.15) is 28.4 Å². The lowest BCUT2D eigenvalue weighted by molar-refractivity contribution is -0.141. The van der Waals surface area contributed by atoms with Crippen LogP contribution in [0.2, 0.25) is 0 Å². The Balaban J connectivity index is 1.60. The lowest BCUT2D eigenvalue weighted by Crippen LogP contribution is -2.33. The Morgan fingerprint density at radius 3 is 3.00 bits per heavy atom. The van der Waals surface area contributed by atoms with Gasteiger partial charge in [-0.2, -0.15) is 13.2 Å². The number of nitrogens with zero attached hydrogens (tertiary/aromatic N) is 3. The third-order valence-electron chi connectivity index (χ3n) is 3.60. The fraction of sp³-hybridized carbons (Fsp3) is 0.462. The van der Waals surface area contributed by atoms with Gasteiger partial charge >= 0.3 is 6.18 Å². The number of rotatable bonds is 3. The number of amides is 1. The Labute approximate surface area is 123 Å². The molecule has 6 nitrogen and oxygen atoms in total. The molecule has 0 saturated carbocycles. The molecule has 0 bridgehead atoms. The Morgan fingerprint density at radius 2 is 2.32 bits per heavy atom. The van der Waals surface area contributed by atoms with Crippen LogP contribution in [0.3, 0.4) is 0 Å². The molecule has 0 spiro atoms. The van der Waals surface area contributed by atoms with E-state index >= 15 is 0 Å². The molecule has 3 heterocycles. The smallest absolute Gasteiger partial charge is 0.364 e. The number of halogens is 3. The number of aryl methyl sites for hydroxylation is 1. The van der Waals surface area contributed by atoms with Crippen LogP contribution in [0.15, 0.2) is 23.0 Å². The predicted octanol–water partition coefficient (Wildman–Crippen LogP) is 1.88. The first-order valence-electron chi connectivity index (χ1n) is 6.75. The topological polar surface area (TPSA) is 73.0 Å². The summed E-state index contributed by atoms with van der Waals surface area (Å²) in [6.45, 7) is 0.766. The zero-order valence-corrected chi connectivity index (χ0v) is 11.4. The van der Waals surface area contributed by atoms with Crippen molar-refractivity contribution in [2.75, 3.05) is 6.54 Å². The van der Waals surface area contributed by atoms with Crippen molar-refractivity contribution in [2.45, 2.75) is 25.6 Å². The van der Waals surface area contributed by atoms with Crippen LogP contribution >= 0.6 is 0 Å². The lowest BCUT2D eigenvalue weighted by Gasteiger charge is -2.23. The van der Waals surface area contributed by atoms with Crippen LogP contribution in [-0.4, -0.2) is 27.2 Å². The van der Waals surface area contributed by atoms with Crippen molar-refractivity contribution in [2.24, 2.45) is 5.92 Å². The summed E-state index contributed by atoms with van der Waals surface area (Å²) in [6, 6.07) is 1.44. The largest absolute Gasteiger partial charge is 0.434 e. The maximum atomic E-state index is 12.6. The second-order valence-electron chi connectivity index (χ2n) is 5.19. The number of alkyl halides is 3.